The molecule has 0 aliphatic heterocycles. The predicted octanol–water partition coefficient (Wildman–Crippen LogP) is 2.17. The summed E-state index contributed by atoms with van der Waals surface area (Å²) in [5.41, 5.74) is 7.80. The molecule has 0 amide bonds. The Morgan fingerprint density at radius 2 is 2.15 bits per heavy atom. The van der Waals surface area contributed by atoms with E-state index in [1.165, 1.54) is 12.8 Å². The Bertz CT molecular complexity index is 440. The molecule has 6 heteroatoms. The van der Waals surface area contributed by atoms with Crippen molar-refractivity contribution < 1.29 is 4.74 Å². The predicted molar refractivity (Wildman–Crippen MR) is 83.6 cm³/mol. The van der Waals surface area contributed by atoms with Crippen molar-refractivity contribution in [1.29, 1.82) is 0 Å². The number of methoxy groups -OCH3 is 1. The number of nitrogens with two attached hydrogens (primary N) is 1. The fraction of sp³-hybridized carbons (Fsp3) is 0.786. The van der Waals surface area contributed by atoms with E-state index in [9.17, 15) is 0 Å². The highest BCUT2D eigenvalue weighted by Crippen LogP contribution is 2.43. The second kappa shape index (κ2) is 6.56. The Hall–Kier alpha value is -0.430. The summed E-state index contributed by atoms with van der Waals surface area (Å²) in [5, 5.41) is 4.43. The number of aromatic nitrogens is 2. The Kier molecular flexibility index (Phi) is 5.23. The van der Waals surface area contributed by atoms with Crippen LogP contribution in [0.2, 0.25) is 0 Å². The molecule has 1 fully saturated rings. The molecule has 1 saturated carbocycles. The lowest BCUT2D eigenvalue weighted by atomic mass is 9.85. The first-order chi connectivity index (χ1) is 9.53. The summed E-state index contributed by atoms with van der Waals surface area (Å²) < 4.78 is 8.13. The third-order valence-electron chi connectivity index (χ3n) is 4.57. The van der Waals surface area contributed by atoms with Crippen molar-refractivity contribution >= 4 is 15.9 Å². The first-order valence-corrected chi connectivity index (χ1v) is 7.95. The molecule has 0 saturated heterocycles. The van der Waals surface area contributed by atoms with E-state index in [1.54, 1.807) is 7.11 Å². The molecule has 0 spiro atoms. The van der Waals surface area contributed by atoms with Crippen LogP contribution < -0.4 is 5.73 Å². The van der Waals surface area contributed by atoms with E-state index in [4.69, 9.17) is 10.5 Å². The van der Waals surface area contributed by atoms with Gasteiger partial charge < -0.3 is 15.4 Å². The summed E-state index contributed by atoms with van der Waals surface area (Å²) in [6.07, 6.45) is 6.61. The van der Waals surface area contributed by atoms with E-state index in [0.717, 1.165) is 29.6 Å². The maximum absolute atomic E-state index is 6.68. The monoisotopic (exact) mass is 344 g/mol. The van der Waals surface area contributed by atoms with Gasteiger partial charge in [0.05, 0.1) is 35.6 Å². The average Bonchev–Trinajstić information content (AvgIpc) is 3.03. The normalized spacial score (nSPS) is 19.7. The largest absolute Gasteiger partial charge is 0.383 e. The maximum Gasteiger partial charge on any atom is 0.0713 e. The summed E-state index contributed by atoms with van der Waals surface area (Å²) in [6, 6.07) is -0.0475. The molecule has 1 unspecified atom stereocenters. The van der Waals surface area contributed by atoms with Gasteiger partial charge in [-0.2, -0.15) is 5.10 Å². The lowest BCUT2D eigenvalue weighted by Gasteiger charge is -2.41. The number of likely N-dealkylation sites (N-methyl/N-ethyl adjacent to an activating group) is 1. The van der Waals surface area contributed by atoms with E-state index in [1.807, 2.05) is 10.9 Å². The van der Waals surface area contributed by atoms with Crippen LogP contribution in [0.5, 0.6) is 0 Å². The van der Waals surface area contributed by atoms with Crippen LogP contribution in [0.25, 0.3) is 0 Å². The van der Waals surface area contributed by atoms with Crippen LogP contribution in [0.1, 0.15) is 37.4 Å². The van der Waals surface area contributed by atoms with Crippen LogP contribution in [0.3, 0.4) is 0 Å². The van der Waals surface area contributed by atoms with Crippen LogP contribution >= 0.6 is 15.9 Å². The van der Waals surface area contributed by atoms with Crippen LogP contribution in [0.4, 0.5) is 0 Å². The molecule has 1 atom stereocenters. The SMILES string of the molecule is COCCn1ncc(Br)c1C(N)C1(N(C)C)CCCC1. The molecule has 2 N–H and O–H groups in total. The zero-order valence-corrected chi connectivity index (χ0v) is 14.2. The summed E-state index contributed by atoms with van der Waals surface area (Å²) >= 11 is 3.61. The Morgan fingerprint density at radius 3 is 2.70 bits per heavy atom. The highest BCUT2D eigenvalue weighted by molar-refractivity contribution is 9.10. The number of hydrogen-bond donors (Lipinski definition) is 1. The fourth-order valence-electron chi connectivity index (χ4n) is 3.32. The summed E-state index contributed by atoms with van der Waals surface area (Å²) in [7, 11) is 5.97. The van der Waals surface area contributed by atoms with E-state index in [0.29, 0.717) is 6.61 Å². The Labute approximate surface area is 129 Å². The van der Waals surface area contributed by atoms with Crippen molar-refractivity contribution in [2.24, 2.45) is 5.73 Å². The van der Waals surface area contributed by atoms with E-state index >= 15 is 0 Å². The highest BCUT2D eigenvalue weighted by Gasteiger charge is 2.44. The minimum absolute atomic E-state index is 0.0351. The molecule has 5 nitrogen and oxygen atoms in total. The van der Waals surface area contributed by atoms with Gasteiger partial charge >= 0.3 is 0 Å². The molecule has 0 bridgehead atoms. The molecule has 114 valence electrons. The summed E-state index contributed by atoms with van der Waals surface area (Å²) in [5.74, 6) is 0. The van der Waals surface area contributed by atoms with Crippen molar-refractivity contribution in [1.82, 2.24) is 14.7 Å². The number of nitrogens with zero attached hydrogens (tertiary/aromatic N) is 3. The quantitative estimate of drug-likeness (QED) is 0.859. The highest BCUT2D eigenvalue weighted by atomic mass is 79.9. The smallest absolute Gasteiger partial charge is 0.0713 e. The van der Waals surface area contributed by atoms with Gasteiger partial charge in [-0.25, -0.2) is 0 Å². The minimum Gasteiger partial charge on any atom is -0.383 e. The van der Waals surface area contributed by atoms with Gasteiger partial charge in [0.15, 0.2) is 0 Å². The molecule has 0 radical (unpaired) electrons. The van der Waals surface area contributed by atoms with Gasteiger partial charge in [-0.3, -0.25) is 4.68 Å². The van der Waals surface area contributed by atoms with Gasteiger partial charge in [-0.1, -0.05) is 12.8 Å². The van der Waals surface area contributed by atoms with Gasteiger partial charge in [-0.15, -0.1) is 0 Å². The number of rotatable bonds is 6. The average molecular weight is 345 g/mol. The zero-order valence-electron chi connectivity index (χ0n) is 12.6. The molecule has 1 heterocycles. The number of ether oxygens (including phenoxy) is 1. The Morgan fingerprint density at radius 1 is 1.50 bits per heavy atom. The van der Waals surface area contributed by atoms with E-state index < -0.39 is 0 Å². The summed E-state index contributed by atoms with van der Waals surface area (Å²) in [4.78, 5) is 2.30. The third-order valence-corrected chi connectivity index (χ3v) is 5.18. The molecule has 1 aliphatic rings. The third kappa shape index (κ3) is 2.79. The molecule has 1 aromatic rings. The second-order valence-electron chi connectivity index (χ2n) is 5.78. The van der Waals surface area contributed by atoms with Gasteiger partial charge in [0.25, 0.3) is 0 Å². The van der Waals surface area contributed by atoms with Crippen molar-refractivity contribution in [2.45, 2.75) is 43.8 Å². The lowest BCUT2D eigenvalue weighted by Crippen LogP contribution is -2.51. The van der Waals surface area contributed by atoms with Crippen molar-refractivity contribution in [3.8, 4) is 0 Å². The zero-order chi connectivity index (χ0) is 14.8. The van der Waals surface area contributed by atoms with Crippen molar-refractivity contribution in [3.63, 3.8) is 0 Å². The molecular weight excluding hydrogens is 320 g/mol. The fourth-order valence-corrected chi connectivity index (χ4v) is 3.86. The van der Waals surface area contributed by atoms with Crippen molar-refractivity contribution in [2.75, 3.05) is 27.8 Å². The second-order valence-corrected chi connectivity index (χ2v) is 6.63. The molecular formula is C14H25BrN4O. The van der Waals surface area contributed by atoms with Crippen LogP contribution in [0, 0.1) is 0 Å². The minimum atomic E-state index is -0.0475. The van der Waals surface area contributed by atoms with E-state index in [-0.39, 0.29) is 11.6 Å². The van der Waals surface area contributed by atoms with Gasteiger partial charge in [0.1, 0.15) is 0 Å². The summed E-state index contributed by atoms with van der Waals surface area (Å²) in [6.45, 7) is 1.37. The number of halogens is 1. The molecule has 2 rings (SSSR count). The van der Waals surface area contributed by atoms with Crippen LogP contribution in [-0.2, 0) is 11.3 Å². The van der Waals surface area contributed by atoms with E-state index in [2.05, 4.69) is 40.0 Å². The maximum atomic E-state index is 6.68. The topological polar surface area (TPSA) is 56.3 Å². The molecule has 0 aromatic carbocycles. The van der Waals surface area contributed by atoms with Gasteiger partial charge in [-0.05, 0) is 42.9 Å². The molecule has 1 aliphatic carbocycles. The van der Waals surface area contributed by atoms with Crippen LogP contribution in [0.15, 0.2) is 10.7 Å². The van der Waals surface area contributed by atoms with Crippen molar-refractivity contribution in [3.05, 3.63) is 16.4 Å². The number of hydrogen-bond acceptors (Lipinski definition) is 4. The van der Waals surface area contributed by atoms with Gasteiger partial charge in [0.2, 0.25) is 0 Å². The standard InChI is InChI=1S/C14H25BrN4O/c1-18(2)14(6-4-5-7-14)13(16)12-11(15)10-17-19(12)8-9-20-3/h10,13H,4-9,16H2,1-3H3. The first-order valence-electron chi connectivity index (χ1n) is 7.16. The Balaban J connectivity index is 2.31. The lowest BCUT2D eigenvalue weighted by molar-refractivity contribution is 0.117. The van der Waals surface area contributed by atoms with Gasteiger partial charge in [0, 0.05) is 12.6 Å². The molecule has 20 heavy (non-hydrogen) atoms. The molecule has 1 aromatic heterocycles. The first kappa shape index (κ1) is 15.9. The van der Waals surface area contributed by atoms with Crippen LogP contribution in [-0.4, -0.2) is 48.0 Å².